The van der Waals surface area contributed by atoms with Crippen molar-refractivity contribution in [3.05, 3.63) is 52.2 Å². The number of aliphatic hydroxyl groups excluding tert-OH is 4. The molecular formula is C21H20O10. The van der Waals surface area contributed by atoms with Crippen molar-refractivity contribution in [3.8, 4) is 28.6 Å². The Labute approximate surface area is 174 Å². The highest BCUT2D eigenvalue weighted by molar-refractivity contribution is 5.88. The van der Waals surface area contributed by atoms with Crippen LogP contribution >= 0.6 is 0 Å². The fourth-order valence-corrected chi connectivity index (χ4v) is 3.69. The van der Waals surface area contributed by atoms with Crippen LogP contribution in [0.5, 0.6) is 17.2 Å². The first kappa shape index (κ1) is 21.1. The van der Waals surface area contributed by atoms with Gasteiger partial charge in [0, 0.05) is 17.7 Å². The van der Waals surface area contributed by atoms with E-state index in [0.29, 0.717) is 5.56 Å². The Hall–Kier alpha value is -3.15. The van der Waals surface area contributed by atoms with E-state index in [2.05, 4.69) is 0 Å². The van der Waals surface area contributed by atoms with Crippen LogP contribution < -0.4 is 5.43 Å². The second-order valence-corrected chi connectivity index (χ2v) is 7.30. The van der Waals surface area contributed by atoms with E-state index in [4.69, 9.17) is 9.15 Å². The highest BCUT2D eigenvalue weighted by atomic mass is 16.5. The Morgan fingerprint density at radius 1 is 0.903 bits per heavy atom. The largest absolute Gasteiger partial charge is 0.508 e. The minimum Gasteiger partial charge on any atom is -0.508 e. The SMILES string of the molecule is O=c1cc(-c2ccc(O)cc2)oc2cc(O)c([C@@H]3OC(CO)[C@@H](O)C(O)C3O)c(O)c12. The summed E-state index contributed by atoms with van der Waals surface area (Å²) >= 11 is 0. The second kappa shape index (κ2) is 7.84. The van der Waals surface area contributed by atoms with Gasteiger partial charge in [0.2, 0.25) is 0 Å². The van der Waals surface area contributed by atoms with Crippen molar-refractivity contribution in [2.45, 2.75) is 30.5 Å². The van der Waals surface area contributed by atoms with E-state index in [1.807, 2.05) is 0 Å². The molecule has 3 unspecified atom stereocenters. The zero-order valence-electron chi connectivity index (χ0n) is 15.9. The maximum absolute atomic E-state index is 12.7. The minimum atomic E-state index is -1.77. The smallest absolute Gasteiger partial charge is 0.197 e. The molecule has 0 spiro atoms. The quantitative estimate of drug-likeness (QED) is 0.300. The van der Waals surface area contributed by atoms with Crippen LogP contribution in [0.2, 0.25) is 0 Å². The standard InChI is InChI=1S/C21H20O10/c22-7-14-17(26)19(28)20(29)21(31-14)16-11(25)6-13-15(18(16)27)10(24)5-12(30-13)8-1-3-9(23)4-2-8/h1-6,14,17,19-23,25-29H,7H2/t14?,17-,19?,20?,21+/m1/s1. The van der Waals surface area contributed by atoms with Crippen LogP contribution in [0.3, 0.4) is 0 Å². The van der Waals surface area contributed by atoms with Gasteiger partial charge in [0.05, 0.1) is 12.2 Å². The summed E-state index contributed by atoms with van der Waals surface area (Å²) in [5.41, 5.74) is -0.741. The summed E-state index contributed by atoms with van der Waals surface area (Å²) in [7, 11) is 0. The number of aromatic hydroxyl groups is 3. The number of phenols is 3. The topological polar surface area (TPSA) is 181 Å². The summed E-state index contributed by atoms with van der Waals surface area (Å²) in [6.45, 7) is -0.700. The molecule has 1 aromatic heterocycles. The highest BCUT2D eigenvalue weighted by Crippen LogP contribution is 2.44. The van der Waals surface area contributed by atoms with E-state index in [-0.39, 0.29) is 22.5 Å². The summed E-state index contributed by atoms with van der Waals surface area (Å²) in [5, 5.41) is 70.0. The molecule has 2 aromatic carbocycles. The van der Waals surface area contributed by atoms with Gasteiger partial charge in [0.1, 0.15) is 64.5 Å². The lowest BCUT2D eigenvalue weighted by atomic mass is 9.89. The van der Waals surface area contributed by atoms with Crippen molar-refractivity contribution in [1.82, 2.24) is 0 Å². The zero-order valence-corrected chi connectivity index (χ0v) is 15.9. The van der Waals surface area contributed by atoms with Crippen LogP contribution in [0.25, 0.3) is 22.3 Å². The summed E-state index contributed by atoms with van der Waals surface area (Å²) in [4.78, 5) is 12.7. The Kier molecular flexibility index (Phi) is 5.33. The third-order valence-electron chi connectivity index (χ3n) is 5.34. The molecule has 1 saturated heterocycles. The predicted molar refractivity (Wildman–Crippen MR) is 106 cm³/mol. The number of hydrogen-bond acceptors (Lipinski definition) is 10. The molecule has 3 aromatic rings. The third-order valence-corrected chi connectivity index (χ3v) is 5.34. The number of rotatable bonds is 3. The number of fused-ring (bicyclic) bond motifs is 1. The third kappa shape index (κ3) is 3.50. The van der Waals surface area contributed by atoms with E-state index < -0.39 is 59.6 Å². The molecule has 4 rings (SSSR count). The van der Waals surface area contributed by atoms with Crippen LogP contribution in [0.4, 0.5) is 0 Å². The molecule has 1 aliphatic rings. The molecule has 0 amide bonds. The molecule has 0 radical (unpaired) electrons. The summed E-state index contributed by atoms with van der Waals surface area (Å²) in [5.74, 6) is -1.19. The fraction of sp³-hybridized carbons (Fsp3) is 0.286. The molecule has 5 atom stereocenters. The van der Waals surface area contributed by atoms with Crippen molar-refractivity contribution in [2.75, 3.05) is 6.61 Å². The van der Waals surface area contributed by atoms with Crippen molar-refractivity contribution in [1.29, 1.82) is 0 Å². The number of phenolic OH excluding ortho intramolecular Hbond substituents is 3. The lowest BCUT2D eigenvalue weighted by Gasteiger charge is -2.40. The predicted octanol–water partition coefficient (Wildman–Crippen LogP) is 0.0917. The number of hydrogen-bond donors (Lipinski definition) is 7. The van der Waals surface area contributed by atoms with Gasteiger partial charge in [-0.05, 0) is 24.3 Å². The maximum Gasteiger partial charge on any atom is 0.197 e. The molecular weight excluding hydrogens is 412 g/mol. The molecule has 31 heavy (non-hydrogen) atoms. The summed E-state index contributed by atoms with van der Waals surface area (Å²) in [6.07, 6.45) is -7.95. The first-order chi connectivity index (χ1) is 14.7. The van der Waals surface area contributed by atoms with Gasteiger partial charge < -0.3 is 44.9 Å². The molecule has 0 saturated carbocycles. The van der Waals surface area contributed by atoms with Crippen LogP contribution in [0.1, 0.15) is 11.7 Å². The maximum atomic E-state index is 12.7. The monoisotopic (exact) mass is 432 g/mol. The lowest BCUT2D eigenvalue weighted by Crippen LogP contribution is -2.55. The average molecular weight is 432 g/mol. The van der Waals surface area contributed by atoms with Crippen molar-refractivity contribution < 1.29 is 44.9 Å². The molecule has 10 nitrogen and oxygen atoms in total. The van der Waals surface area contributed by atoms with Gasteiger partial charge in [0.15, 0.2) is 5.43 Å². The second-order valence-electron chi connectivity index (χ2n) is 7.30. The van der Waals surface area contributed by atoms with Crippen LogP contribution in [0, 0.1) is 0 Å². The van der Waals surface area contributed by atoms with Gasteiger partial charge in [-0.3, -0.25) is 4.79 Å². The molecule has 7 N–H and O–H groups in total. The van der Waals surface area contributed by atoms with Crippen LogP contribution in [-0.4, -0.2) is 66.8 Å². The Morgan fingerprint density at radius 2 is 1.58 bits per heavy atom. The molecule has 1 aliphatic heterocycles. The molecule has 0 bridgehead atoms. The zero-order chi connectivity index (χ0) is 22.4. The molecule has 1 fully saturated rings. The van der Waals surface area contributed by atoms with Gasteiger partial charge in [-0.1, -0.05) is 0 Å². The van der Waals surface area contributed by atoms with Gasteiger partial charge in [-0.15, -0.1) is 0 Å². The summed E-state index contributed by atoms with van der Waals surface area (Å²) in [6, 6.07) is 8.00. The van der Waals surface area contributed by atoms with Crippen LogP contribution in [0.15, 0.2) is 45.6 Å². The first-order valence-electron chi connectivity index (χ1n) is 9.35. The van der Waals surface area contributed by atoms with Crippen molar-refractivity contribution >= 4 is 11.0 Å². The van der Waals surface area contributed by atoms with E-state index >= 15 is 0 Å². The normalized spacial score (nSPS) is 26.3. The van der Waals surface area contributed by atoms with E-state index in [1.54, 1.807) is 0 Å². The molecule has 0 aliphatic carbocycles. The van der Waals surface area contributed by atoms with E-state index in [0.717, 1.165) is 12.1 Å². The summed E-state index contributed by atoms with van der Waals surface area (Å²) < 4.78 is 11.0. The number of ether oxygens (including phenoxy) is 1. The van der Waals surface area contributed by atoms with E-state index in [9.17, 15) is 40.5 Å². The average Bonchev–Trinajstić information content (AvgIpc) is 2.73. The Bertz CT molecular complexity index is 1170. The first-order valence-corrected chi connectivity index (χ1v) is 9.35. The van der Waals surface area contributed by atoms with Gasteiger partial charge in [-0.2, -0.15) is 0 Å². The Balaban J connectivity index is 1.85. The Morgan fingerprint density at radius 3 is 2.23 bits per heavy atom. The van der Waals surface area contributed by atoms with Crippen molar-refractivity contribution in [2.24, 2.45) is 0 Å². The minimum absolute atomic E-state index is 0.0198. The molecule has 164 valence electrons. The van der Waals surface area contributed by atoms with Crippen molar-refractivity contribution in [3.63, 3.8) is 0 Å². The fourth-order valence-electron chi connectivity index (χ4n) is 3.69. The molecule has 2 heterocycles. The van der Waals surface area contributed by atoms with Gasteiger partial charge >= 0.3 is 0 Å². The van der Waals surface area contributed by atoms with Gasteiger partial charge in [0.25, 0.3) is 0 Å². The number of benzene rings is 2. The number of aliphatic hydroxyl groups is 4. The molecule has 10 heteroatoms. The lowest BCUT2D eigenvalue weighted by molar-refractivity contribution is -0.232. The van der Waals surface area contributed by atoms with Gasteiger partial charge in [-0.25, -0.2) is 0 Å². The highest BCUT2D eigenvalue weighted by Gasteiger charge is 2.46. The van der Waals surface area contributed by atoms with E-state index in [1.165, 1.54) is 24.3 Å². The van der Waals surface area contributed by atoms with Crippen LogP contribution in [-0.2, 0) is 4.74 Å².